The third kappa shape index (κ3) is 5.22. The highest BCUT2D eigenvalue weighted by Gasteiger charge is 2.28. The quantitative estimate of drug-likeness (QED) is 0.355. The normalized spacial score (nSPS) is 13.5. The number of hydrogen-bond donors (Lipinski definition) is 1. The maximum atomic E-state index is 6.25. The molecule has 2 atom stereocenters. The van der Waals surface area contributed by atoms with Crippen LogP contribution in [0, 0.1) is 5.41 Å². The van der Waals surface area contributed by atoms with Crippen LogP contribution in [-0.2, 0) is 0 Å². The van der Waals surface area contributed by atoms with Crippen LogP contribution in [-0.4, -0.2) is 15.2 Å². The summed E-state index contributed by atoms with van der Waals surface area (Å²) in [5.74, 6) is 1.46. The maximum absolute atomic E-state index is 6.25. The Balaban J connectivity index is 1.57. The fourth-order valence-electron chi connectivity index (χ4n) is 4.18. The first kappa shape index (κ1) is 22.5. The lowest BCUT2D eigenvalue weighted by molar-refractivity contribution is 0.196. The van der Waals surface area contributed by atoms with E-state index in [0.717, 1.165) is 23.4 Å². The molecule has 0 aliphatic rings. The number of nitrogens with two attached hydrogens (primary N) is 1. The van der Waals surface area contributed by atoms with Gasteiger partial charge in [-0.3, -0.25) is 4.98 Å². The minimum atomic E-state index is -0.0678. The molecule has 0 saturated heterocycles. The van der Waals surface area contributed by atoms with E-state index in [1.165, 1.54) is 11.1 Å². The van der Waals surface area contributed by atoms with Gasteiger partial charge in [-0.15, -0.1) is 5.10 Å². The highest BCUT2D eigenvalue weighted by molar-refractivity contribution is 5.54. The minimum Gasteiger partial charge on any atom is -0.484 e. The zero-order chi connectivity index (χ0) is 23.4. The molecular formula is C27H30N4O2. The van der Waals surface area contributed by atoms with Crippen LogP contribution < -0.4 is 10.5 Å². The molecule has 2 aromatic heterocycles. The predicted molar refractivity (Wildman–Crippen MR) is 130 cm³/mol. The lowest BCUT2D eigenvalue weighted by Crippen LogP contribution is -2.19. The van der Waals surface area contributed by atoms with Crippen molar-refractivity contribution >= 4 is 6.01 Å². The molecule has 2 N–H and O–H groups in total. The summed E-state index contributed by atoms with van der Waals surface area (Å²) in [6.45, 7) is 8.87. The Hall–Kier alpha value is -3.67. The molecule has 6 nitrogen and oxygen atoms in total. The van der Waals surface area contributed by atoms with Crippen molar-refractivity contribution in [3.63, 3.8) is 0 Å². The van der Waals surface area contributed by atoms with E-state index in [-0.39, 0.29) is 23.5 Å². The molecule has 4 aromatic rings. The van der Waals surface area contributed by atoms with Crippen molar-refractivity contribution in [2.75, 3.05) is 5.73 Å². The summed E-state index contributed by atoms with van der Waals surface area (Å²) >= 11 is 0. The lowest BCUT2D eigenvalue weighted by atomic mass is 9.72. The Morgan fingerprint density at radius 3 is 2.09 bits per heavy atom. The molecule has 0 aliphatic carbocycles. The summed E-state index contributed by atoms with van der Waals surface area (Å²) in [6, 6.07) is 22.6. The Kier molecular flexibility index (Phi) is 6.45. The van der Waals surface area contributed by atoms with Gasteiger partial charge < -0.3 is 14.9 Å². The van der Waals surface area contributed by atoms with Gasteiger partial charge in [-0.2, -0.15) is 0 Å². The van der Waals surface area contributed by atoms with E-state index in [1.807, 2.05) is 30.3 Å². The number of aromatic nitrogens is 3. The van der Waals surface area contributed by atoms with Gasteiger partial charge in [0.15, 0.2) is 0 Å². The van der Waals surface area contributed by atoms with Gasteiger partial charge in [-0.05, 0) is 59.4 Å². The average Bonchev–Trinajstić information content (AvgIpc) is 3.25. The van der Waals surface area contributed by atoms with Crippen LogP contribution in [0.1, 0.15) is 63.0 Å². The van der Waals surface area contributed by atoms with E-state index in [4.69, 9.17) is 14.9 Å². The molecule has 170 valence electrons. The SMILES string of the molecule is CCC(Oc1ccc(C(c2ccc(-c3nnc(N)o3)cc2)C(C)(C)C)cc1)c1ccccn1. The summed E-state index contributed by atoms with van der Waals surface area (Å²) in [7, 11) is 0. The van der Waals surface area contributed by atoms with Crippen LogP contribution in [0.2, 0.25) is 0 Å². The van der Waals surface area contributed by atoms with Crippen LogP contribution in [0.25, 0.3) is 11.5 Å². The first-order valence-electron chi connectivity index (χ1n) is 11.2. The first-order chi connectivity index (χ1) is 15.8. The Morgan fingerprint density at radius 2 is 1.58 bits per heavy atom. The highest BCUT2D eigenvalue weighted by atomic mass is 16.5. The topological polar surface area (TPSA) is 87.1 Å². The van der Waals surface area contributed by atoms with E-state index in [1.54, 1.807) is 6.20 Å². The van der Waals surface area contributed by atoms with Gasteiger partial charge in [0.25, 0.3) is 0 Å². The van der Waals surface area contributed by atoms with Crippen LogP contribution in [0.3, 0.4) is 0 Å². The number of nitrogens with zero attached hydrogens (tertiary/aromatic N) is 3. The molecule has 4 rings (SSSR count). The summed E-state index contributed by atoms with van der Waals surface area (Å²) in [4.78, 5) is 4.45. The number of nitrogen functional groups attached to an aromatic ring is 1. The zero-order valence-corrected chi connectivity index (χ0v) is 19.5. The number of anilines is 1. The largest absolute Gasteiger partial charge is 0.484 e. The van der Waals surface area contributed by atoms with Crippen molar-refractivity contribution < 1.29 is 9.15 Å². The van der Waals surface area contributed by atoms with Crippen molar-refractivity contribution in [1.82, 2.24) is 15.2 Å². The molecule has 0 spiro atoms. The van der Waals surface area contributed by atoms with Gasteiger partial charge in [0.05, 0.1) is 5.69 Å². The van der Waals surface area contributed by atoms with E-state index in [9.17, 15) is 0 Å². The predicted octanol–water partition coefficient (Wildman–Crippen LogP) is 6.42. The van der Waals surface area contributed by atoms with E-state index < -0.39 is 0 Å². The second-order valence-corrected chi connectivity index (χ2v) is 9.20. The molecule has 2 unspecified atom stereocenters. The Labute approximate surface area is 194 Å². The van der Waals surface area contributed by atoms with Crippen LogP contribution in [0.15, 0.2) is 77.3 Å². The third-order valence-electron chi connectivity index (χ3n) is 5.68. The molecule has 0 radical (unpaired) electrons. The number of pyridine rings is 1. The van der Waals surface area contributed by atoms with E-state index in [0.29, 0.717) is 5.89 Å². The highest BCUT2D eigenvalue weighted by Crippen LogP contribution is 2.41. The summed E-state index contributed by atoms with van der Waals surface area (Å²) < 4.78 is 11.6. The zero-order valence-electron chi connectivity index (χ0n) is 19.5. The second kappa shape index (κ2) is 9.45. The van der Waals surface area contributed by atoms with Gasteiger partial charge in [0.1, 0.15) is 11.9 Å². The molecule has 0 fully saturated rings. The fourth-order valence-corrected chi connectivity index (χ4v) is 4.18. The Morgan fingerprint density at radius 1 is 0.909 bits per heavy atom. The van der Waals surface area contributed by atoms with Crippen molar-refractivity contribution in [1.29, 1.82) is 0 Å². The van der Waals surface area contributed by atoms with E-state index in [2.05, 4.69) is 79.3 Å². The molecule has 33 heavy (non-hydrogen) atoms. The van der Waals surface area contributed by atoms with Gasteiger partial charge in [0.2, 0.25) is 5.89 Å². The second-order valence-electron chi connectivity index (χ2n) is 9.20. The standard InChI is InChI=1S/C27H30N4O2/c1-5-23(22-8-6-7-17-29-22)32-21-15-13-19(14-16-21)24(27(2,3)4)18-9-11-20(12-10-18)25-30-31-26(28)33-25/h6-17,23-24H,5H2,1-4H3,(H2,28,31). The molecule has 0 amide bonds. The van der Waals surface area contributed by atoms with Crippen molar-refractivity contribution in [3.8, 4) is 17.2 Å². The molecule has 0 bridgehead atoms. The number of hydrogen-bond acceptors (Lipinski definition) is 6. The molecule has 2 aromatic carbocycles. The van der Waals surface area contributed by atoms with Gasteiger partial charge in [-0.25, -0.2) is 0 Å². The number of rotatable bonds is 7. The summed E-state index contributed by atoms with van der Waals surface area (Å²) in [5, 5.41) is 7.71. The monoisotopic (exact) mass is 442 g/mol. The van der Waals surface area contributed by atoms with Crippen LogP contribution in [0.4, 0.5) is 6.01 Å². The van der Waals surface area contributed by atoms with Crippen molar-refractivity contribution in [2.45, 2.75) is 46.1 Å². The lowest BCUT2D eigenvalue weighted by Gasteiger charge is -2.32. The molecule has 0 saturated carbocycles. The first-order valence-corrected chi connectivity index (χ1v) is 11.2. The van der Waals surface area contributed by atoms with Crippen molar-refractivity contribution in [3.05, 3.63) is 89.7 Å². The summed E-state index contributed by atoms with van der Waals surface area (Å²) in [5.41, 5.74) is 9.81. The molecule has 2 heterocycles. The average molecular weight is 443 g/mol. The fraction of sp³-hybridized carbons (Fsp3) is 0.296. The van der Waals surface area contributed by atoms with Crippen LogP contribution in [0.5, 0.6) is 5.75 Å². The van der Waals surface area contributed by atoms with Gasteiger partial charge in [-0.1, -0.05) is 63.1 Å². The smallest absolute Gasteiger partial charge is 0.313 e. The number of ether oxygens (including phenoxy) is 1. The summed E-state index contributed by atoms with van der Waals surface area (Å²) in [6.07, 6.45) is 2.58. The van der Waals surface area contributed by atoms with Gasteiger partial charge in [0, 0.05) is 17.7 Å². The van der Waals surface area contributed by atoms with E-state index >= 15 is 0 Å². The molecule has 0 aliphatic heterocycles. The Bertz CT molecular complexity index is 1160. The number of benzene rings is 2. The maximum Gasteiger partial charge on any atom is 0.313 e. The minimum absolute atomic E-state index is 0.0126. The third-order valence-corrected chi connectivity index (χ3v) is 5.68. The van der Waals surface area contributed by atoms with Crippen molar-refractivity contribution in [2.24, 2.45) is 5.41 Å². The molecule has 6 heteroatoms. The molecular weight excluding hydrogens is 412 g/mol. The van der Waals surface area contributed by atoms with Crippen LogP contribution >= 0.6 is 0 Å². The van der Waals surface area contributed by atoms with Gasteiger partial charge >= 0.3 is 6.01 Å².